The van der Waals surface area contributed by atoms with Crippen molar-refractivity contribution >= 4 is 30.4 Å². The first kappa shape index (κ1) is 21.5. The van der Waals surface area contributed by atoms with E-state index >= 15 is 0 Å². The van der Waals surface area contributed by atoms with Crippen molar-refractivity contribution in [3.63, 3.8) is 0 Å². The number of β-amino-alcohol motifs (C(OH)–C–C–N with tert-alkyl or cyclic N) is 1. The highest BCUT2D eigenvalue weighted by Crippen LogP contribution is 2.48. The van der Waals surface area contributed by atoms with Crippen molar-refractivity contribution in [2.75, 3.05) is 20.1 Å². The van der Waals surface area contributed by atoms with Crippen LogP contribution in [-0.2, 0) is 4.57 Å². The van der Waals surface area contributed by atoms with Crippen LogP contribution in [0.15, 0.2) is 45.6 Å². The lowest BCUT2D eigenvalue weighted by Gasteiger charge is -2.34. The summed E-state index contributed by atoms with van der Waals surface area (Å²) >= 11 is 6.24. The first-order valence-electron chi connectivity index (χ1n) is 10.2. The number of aliphatic hydroxyl groups is 1. The Morgan fingerprint density at radius 2 is 2.09 bits per heavy atom. The van der Waals surface area contributed by atoms with Crippen molar-refractivity contribution in [3.8, 4) is 22.8 Å². The Bertz CT molecular complexity index is 1340. The molecule has 2 atom stereocenters. The molecule has 0 aliphatic carbocycles. The Hall–Kier alpha value is -2.39. The van der Waals surface area contributed by atoms with Gasteiger partial charge in [0.2, 0.25) is 0 Å². The van der Waals surface area contributed by atoms with E-state index in [1.54, 1.807) is 0 Å². The van der Waals surface area contributed by atoms with Crippen LogP contribution in [0, 0.1) is 0 Å². The molecule has 4 N–H and O–H groups in total. The zero-order chi connectivity index (χ0) is 24.1. The number of likely N-dealkylation sites (tertiary alicyclic amines) is 1. The average molecular weight is 483 g/mol. The van der Waals surface area contributed by atoms with Crippen molar-refractivity contribution in [3.05, 3.63) is 57.2 Å². The first-order valence-corrected chi connectivity index (χ1v) is 11.6. The predicted molar refractivity (Wildman–Crippen MR) is 118 cm³/mol. The lowest BCUT2D eigenvalue weighted by molar-refractivity contribution is 0.0632. The number of phenolic OH excluding ortho intramolecular Hbond substituents is 1. The van der Waals surface area contributed by atoms with Crippen LogP contribution in [0.25, 0.3) is 22.3 Å². The van der Waals surface area contributed by atoms with Crippen molar-refractivity contribution in [2.24, 2.45) is 0 Å². The maximum Gasteiger partial charge on any atom is 0.524 e. The van der Waals surface area contributed by atoms with Crippen molar-refractivity contribution in [1.29, 1.82) is 0 Å². The average Bonchev–Trinajstić information content (AvgIpc) is 2.67. The minimum absolute atomic E-state index is 0.0221. The number of halogens is 1. The Kier molecular flexibility index (Phi) is 5.71. The molecule has 1 saturated heterocycles. The number of piperidine rings is 1. The SMILES string of the molecule is [2H]c1ccc(-c2cc(=O)c3c(O)cc(OP(=O)(O)O)c(C4CCN(C)CC4O)c3o2)c(Cl)c1. The molecule has 1 aliphatic rings. The molecule has 9 nitrogen and oxygen atoms in total. The second-order valence-corrected chi connectivity index (χ2v) is 9.27. The smallest absolute Gasteiger partial charge is 0.507 e. The maximum absolute atomic E-state index is 13.0. The standard InChI is InChI=1S/C21H21ClNO8P/c1-23-7-6-12(16(26)10-23)19-18(31-32(27,28)29)9-15(25)20-14(24)8-17(30-21(19)20)11-4-2-3-5-13(11)22/h2-5,8-9,12,16,25-26H,6-7,10H2,1H3,(H2,27,28,29)/i3D. The highest BCUT2D eigenvalue weighted by molar-refractivity contribution is 7.46. The van der Waals surface area contributed by atoms with E-state index in [0.717, 1.165) is 12.1 Å². The number of phosphoric ester groups is 1. The summed E-state index contributed by atoms with van der Waals surface area (Å²) in [6.45, 7) is 0.823. The van der Waals surface area contributed by atoms with E-state index in [0.29, 0.717) is 18.5 Å². The normalized spacial score (nSPS) is 20.3. The van der Waals surface area contributed by atoms with Gasteiger partial charge in [0.05, 0.1) is 12.5 Å². The fourth-order valence-electron chi connectivity index (χ4n) is 4.04. The lowest BCUT2D eigenvalue weighted by atomic mass is 9.85. The number of phenols is 1. The van der Waals surface area contributed by atoms with Crippen LogP contribution >= 0.6 is 19.4 Å². The van der Waals surface area contributed by atoms with Crippen LogP contribution in [0.3, 0.4) is 0 Å². The molecule has 0 spiro atoms. The van der Waals surface area contributed by atoms with E-state index in [1.165, 1.54) is 18.2 Å². The molecule has 170 valence electrons. The molecule has 3 aromatic rings. The minimum Gasteiger partial charge on any atom is -0.507 e. The van der Waals surface area contributed by atoms with Gasteiger partial charge in [-0.3, -0.25) is 14.6 Å². The van der Waals surface area contributed by atoms with Gasteiger partial charge in [-0.05, 0) is 32.1 Å². The fourth-order valence-corrected chi connectivity index (χ4v) is 4.66. The summed E-state index contributed by atoms with van der Waals surface area (Å²) < 4.78 is 30.1. The van der Waals surface area contributed by atoms with E-state index in [9.17, 15) is 29.4 Å². The fraction of sp³-hybridized carbons (Fsp3) is 0.286. The molecule has 0 amide bonds. The molecule has 4 rings (SSSR count). The lowest BCUT2D eigenvalue weighted by Crippen LogP contribution is -2.40. The van der Waals surface area contributed by atoms with Crippen LogP contribution in [-0.4, -0.2) is 51.1 Å². The maximum atomic E-state index is 13.0. The van der Waals surface area contributed by atoms with Crippen molar-refractivity contribution in [1.82, 2.24) is 4.90 Å². The number of aliphatic hydroxyl groups excluding tert-OH is 1. The number of fused-ring (bicyclic) bond motifs is 1. The molecule has 32 heavy (non-hydrogen) atoms. The highest BCUT2D eigenvalue weighted by Gasteiger charge is 2.35. The Balaban J connectivity index is 2.04. The Morgan fingerprint density at radius 1 is 1.34 bits per heavy atom. The molecule has 0 saturated carbocycles. The summed E-state index contributed by atoms with van der Waals surface area (Å²) in [5.41, 5.74) is -0.414. The van der Waals surface area contributed by atoms with Gasteiger partial charge in [0.15, 0.2) is 5.43 Å². The van der Waals surface area contributed by atoms with Gasteiger partial charge < -0.3 is 24.1 Å². The van der Waals surface area contributed by atoms with E-state index in [4.69, 9.17) is 21.9 Å². The number of rotatable bonds is 4. The monoisotopic (exact) mass is 482 g/mol. The molecule has 2 heterocycles. The third kappa shape index (κ3) is 4.41. The van der Waals surface area contributed by atoms with Gasteiger partial charge in [-0.25, -0.2) is 4.57 Å². The van der Waals surface area contributed by atoms with Crippen LogP contribution in [0.4, 0.5) is 0 Å². The topological polar surface area (TPSA) is 141 Å². The molecule has 2 unspecified atom stereocenters. The van der Waals surface area contributed by atoms with Gasteiger partial charge in [-0.2, -0.15) is 0 Å². The number of likely N-dealkylation sites (N-methyl/N-ethyl adjacent to an activating group) is 1. The third-order valence-electron chi connectivity index (χ3n) is 5.43. The number of hydrogen-bond acceptors (Lipinski definition) is 7. The quantitative estimate of drug-likeness (QED) is 0.413. The van der Waals surface area contributed by atoms with Gasteiger partial charge in [0.25, 0.3) is 0 Å². The summed E-state index contributed by atoms with van der Waals surface area (Å²) in [6.07, 6.45) is -0.590. The third-order valence-corrected chi connectivity index (χ3v) is 6.18. The van der Waals surface area contributed by atoms with Gasteiger partial charge in [-0.1, -0.05) is 23.7 Å². The van der Waals surface area contributed by atoms with Gasteiger partial charge in [-0.15, -0.1) is 0 Å². The molecule has 11 heteroatoms. The van der Waals surface area contributed by atoms with E-state index < -0.39 is 36.8 Å². The summed E-state index contributed by atoms with van der Waals surface area (Å²) in [7, 11) is -3.24. The largest absolute Gasteiger partial charge is 0.524 e. The number of nitrogens with zero attached hydrogens (tertiary/aromatic N) is 1. The molecule has 1 aliphatic heterocycles. The molecule has 1 aromatic heterocycles. The summed E-state index contributed by atoms with van der Waals surface area (Å²) in [4.78, 5) is 33.7. The summed E-state index contributed by atoms with van der Waals surface area (Å²) in [5, 5.41) is 21.2. The Labute approximate surface area is 189 Å². The van der Waals surface area contributed by atoms with Crippen molar-refractivity contribution in [2.45, 2.75) is 18.4 Å². The number of phosphoric acid groups is 1. The zero-order valence-electron chi connectivity index (χ0n) is 17.9. The zero-order valence-corrected chi connectivity index (χ0v) is 18.5. The van der Waals surface area contributed by atoms with Gasteiger partial charge in [0, 0.05) is 35.7 Å². The first-order chi connectivity index (χ1) is 15.4. The highest BCUT2D eigenvalue weighted by atomic mass is 35.5. The number of benzene rings is 2. The molecule has 2 aromatic carbocycles. The second-order valence-electron chi connectivity index (χ2n) is 7.70. The van der Waals surface area contributed by atoms with Crippen LogP contribution in [0.5, 0.6) is 11.5 Å². The predicted octanol–water partition coefficient (Wildman–Crippen LogP) is 3.07. The molecule has 0 radical (unpaired) electrons. The van der Waals surface area contributed by atoms with E-state index in [2.05, 4.69) is 0 Å². The van der Waals surface area contributed by atoms with Gasteiger partial charge in [0.1, 0.15) is 28.2 Å². The minimum atomic E-state index is -5.06. The molecular formula is C21H21ClNO8P. The van der Waals surface area contributed by atoms with Gasteiger partial charge >= 0.3 is 7.82 Å². The molecule has 1 fully saturated rings. The van der Waals surface area contributed by atoms with Crippen LogP contribution in [0.1, 0.15) is 19.3 Å². The molecular weight excluding hydrogens is 461 g/mol. The van der Waals surface area contributed by atoms with Crippen LogP contribution < -0.4 is 9.95 Å². The summed E-state index contributed by atoms with van der Waals surface area (Å²) in [6, 6.07) is 6.54. The summed E-state index contributed by atoms with van der Waals surface area (Å²) in [5.74, 6) is -1.66. The van der Waals surface area contributed by atoms with Crippen LogP contribution in [0.2, 0.25) is 5.02 Å². The van der Waals surface area contributed by atoms with E-state index in [-0.39, 0.29) is 39.9 Å². The van der Waals surface area contributed by atoms with E-state index in [1.807, 2.05) is 11.9 Å². The Morgan fingerprint density at radius 3 is 2.75 bits per heavy atom. The molecule has 0 bridgehead atoms. The second kappa shape index (κ2) is 8.51. The van der Waals surface area contributed by atoms with Crippen molar-refractivity contribution < 1.29 is 34.9 Å². The number of hydrogen-bond donors (Lipinski definition) is 4. The number of aromatic hydroxyl groups is 1.